The van der Waals surface area contributed by atoms with Crippen LogP contribution in [0.1, 0.15) is 26.2 Å². The minimum absolute atomic E-state index is 0.252. The van der Waals surface area contributed by atoms with Crippen LogP contribution >= 0.6 is 0 Å². The number of anilines is 2. The Kier molecular flexibility index (Phi) is 4.42. The number of likely N-dealkylation sites (tertiary alicyclic amines) is 1. The summed E-state index contributed by atoms with van der Waals surface area (Å²) in [6.45, 7) is 5.34. The summed E-state index contributed by atoms with van der Waals surface area (Å²) in [6, 6.07) is 4.89. The van der Waals surface area contributed by atoms with Gasteiger partial charge in [-0.05, 0) is 51.1 Å². The number of hydrogen-bond donors (Lipinski definition) is 2. The Labute approximate surface area is 108 Å². The van der Waals surface area contributed by atoms with E-state index in [0.717, 1.165) is 6.54 Å². The normalized spacial score (nSPS) is 18.6. The molecule has 1 fully saturated rings. The minimum Gasteiger partial charge on any atom is -0.397 e. The predicted octanol–water partition coefficient (Wildman–Crippen LogP) is 2.69. The van der Waals surface area contributed by atoms with E-state index in [1.54, 1.807) is 6.07 Å². The van der Waals surface area contributed by atoms with Crippen LogP contribution in [0.2, 0.25) is 0 Å². The molecule has 0 aromatic heterocycles. The molecule has 1 atom stereocenters. The fourth-order valence-corrected chi connectivity index (χ4v) is 2.43. The first-order valence-electron chi connectivity index (χ1n) is 6.70. The highest BCUT2D eigenvalue weighted by Gasteiger charge is 2.16. The second-order valence-corrected chi connectivity index (χ2v) is 5.06. The monoisotopic (exact) mass is 251 g/mol. The molecule has 0 spiro atoms. The predicted molar refractivity (Wildman–Crippen MR) is 74.2 cm³/mol. The SMILES string of the molecule is CC(CNc1cc(F)ccc1N)N1CCCCC1. The highest BCUT2D eigenvalue weighted by atomic mass is 19.1. The van der Waals surface area contributed by atoms with Crippen LogP contribution in [0.5, 0.6) is 0 Å². The van der Waals surface area contributed by atoms with E-state index in [-0.39, 0.29) is 5.82 Å². The van der Waals surface area contributed by atoms with E-state index in [9.17, 15) is 4.39 Å². The van der Waals surface area contributed by atoms with E-state index in [4.69, 9.17) is 5.73 Å². The van der Waals surface area contributed by atoms with E-state index >= 15 is 0 Å². The van der Waals surface area contributed by atoms with Gasteiger partial charge in [-0.2, -0.15) is 0 Å². The summed E-state index contributed by atoms with van der Waals surface area (Å²) < 4.78 is 13.1. The summed E-state index contributed by atoms with van der Waals surface area (Å²) >= 11 is 0. The quantitative estimate of drug-likeness (QED) is 0.808. The van der Waals surface area contributed by atoms with Crippen LogP contribution in [-0.2, 0) is 0 Å². The molecule has 1 heterocycles. The molecule has 1 aliphatic rings. The maximum absolute atomic E-state index is 13.1. The minimum atomic E-state index is -0.252. The van der Waals surface area contributed by atoms with Gasteiger partial charge in [0.1, 0.15) is 5.82 Å². The Morgan fingerprint density at radius 3 is 2.78 bits per heavy atom. The highest BCUT2D eigenvalue weighted by molar-refractivity contribution is 5.65. The summed E-state index contributed by atoms with van der Waals surface area (Å²) in [5.74, 6) is -0.252. The third kappa shape index (κ3) is 3.35. The molecule has 3 N–H and O–H groups in total. The van der Waals surface area contributed by atoms with Crippen LogP contribution in [0.3, 0.4) is 0 Å². The molecule has 0 aliphatic carbocycles. The second kappa shape index (κ2) is 6.05. The average Bonchev–Trinajstić information content (AvgIpc) is 2.40. The number of benzene rings is 1. The van der Waals surface area contributed by atoms with E-state index in [0.29, 0.717) is 17.4 Å². The largest absolute Gasteiger partial charge is 0.397 e. The average molecular weight is 251 g/mol. The van der Waals surface area contributed by atoms with Crippen LogP contribution in [-0.4, -0.2) is 30.6 Å². The summed E-state index contributed by atoms with van der Waals surface area (Å²) in [6.07, 6.45) is 3.91. The molecule has 0 radical (unpaired) electrons. The van der Waals surface area contributed by atoms with Crippen LogP contribution in [0.15, 0.2) is 18.2 Å². The first kappa shape index (κ1) is 13.1. The van der Waals surface area contributed by atoms with Gasteiger partial charge < -0.3 is 11.1 Å². The van der Waals surface area contributed by atoms with Crippen molar-refractivity contribution in [2.45, 2.75) is 32.2 Å². The summed E-state index contributed by atoms with van der Waals surface area (Å²) in [4.78, 5) is 2.48. The molecule has 1 aromatic carbocycles. The van der Waals surface area contributed by atoms with Gasteiger partial charge in [0, 0.05) is 12.6 Å². The molecule has 0 bridgehead atoms. The Bertz CT molecular complexity index is 389. The van der Waals surface area contributed by atoms with Crippen LogP contribution < -0.4 is 11.1 Å². The van der Waals surface area contributed by atoms with Crippen molar-refractivity contribution in [3.05, 3.63) is 24.0 Å². The second-order valence-electron chi connectivity index (χ2n) is 5.06. The van der Waals surface area contributed by atoms with Crippen molar-refractivity contribution < 1.29 is 4.39 Å². The molecule has 2 rings (SSSR count). The highest BCUT2D eigenvalue weighted by Crippen LogP contribution is 2.20. The van der Waals surface area contributed by atoms with Gasteiger partial charge in [-0.25, -0.2) is 4.39 Å². The number of nitrogens with zero attached hydrogens (tertiary/aromatic N) is 1. The van der Waals surface area contributed by atoms with Crippen LogP contribution in [0.25, 0.3) is 0 Å². The lowest BCUT2D eigenvalue weighted by Gasteiger charge is -2.32. The Morgan fingerprint density at radius 2 is 2.06 bits per heavy atom. The van der Waals surface area contributed by atoms with Crippen LogP contribution in [0, 0.1) is 5.82 Å². The summed E-state index contributed by atoms with van der Waals surface area (Å²) in [5, 5.41) is 3.24. The lowest BCUT2D eigenvalue weighted by atomic mass is 10.1. The van der Waals surface area contributed by atoms with Gasteiger partial charge in [-0.15, -0.1) is 0 Å². The van der Waals surface area contributed by atoms with E-state index in [1.165, 1.54) is 44.5 Å². The van der Waals surface area contributed by atoms with Gasteiger partial charge in [-0.3, -0.25) is 4.90 Å². The summed E-state index contributed by atoms with van der Waals surface area (Å²) in [7, 11) is 0. The molecule has 1 aliphatic heterocycles. The van der Waals surface area contributed by atoms with Crippen molar-refractivity contribution >= 4 is 11.4 Å². The molecular formula is C14H22FN3. The number of rotatable bonds is 4. The van der Waals surface area contributed by atoms with E-state index < -0.39 is 0 Å². The number of piperidine rings is 1. The standard InChI is InChI=1S/C14H22FN3/c1-11(18-7-3-2-4-8-18)10-17-14-9-12(15)5-6-13(14)16/h5-6,9,11,17H,2-4,7-8,10,16H2,1H3. The molecule has 100 valence electrons. The fraction of sp³-hybridized carbons (Fsp3) is 0.571. The summed E-state index contributed by atoms with van der Waals surface area (Å²) in [5.41, 5.74) is 7.10. The van der Waals surface area contributed by atoms with Gasteiger partial charge in [0.2, 0.25) is 0 Å². The zero-order valence-corrected chi connectivity index (χ0v) is 11.0. The van der Waals surface area contributed by atoms with Gasteiger partial charge >= 0.3 is 0 Å². The fourth-order valence-electron chi connectivity index (χ4n) is 2.43. The molecule has 18 heavy (non-hydrogen) atoms. The topological polar surface area (TPSA) is 41.3 Å². The van der Waals surface area contributed by atoms with Gasteiger partial charge in [-0.1, -0.05) is 6.42 Å². The molecule has 1 saturated heterocycles. The first-order valence-corrected chi connectivity index (χ1v) is 6.70. The van der Waals surface area contributed by atoms with Crippen molar-refractivity contribution in [1.82, 2.24) is 4.90 Å². The maximum atomic E-state index is 13.1. The lowest BCUT2D eigenvalue weighted by molar-refractivity contribution is 0.180. The van der Waals surface area contributed by atoms with Gasteiger partial charge in [0.05, 0.1) is 11.4 Å². The third-order valence-electron chi connectivity index (χ3n) is 3.62. The number of nitrogens with one attached hydrogen (secondary N) is 1. The molecule has 1 aromatic rings. The molecule has 0 amide bonds. The van der Waals surface area contributed by atoms with Crippen molar-refractivity contribution in [3.8, 4) is 0 Å². The van der Waals surface area contributed by atoms with Crippen molar-refractivity contribution in [2.75, 3.05) is 30.7 Å². The smallest absolute Gasteiger partial charge is 0.125 e. The molecule has 0 saturated carbocycles. The van der Waals surface area contributed by atoms with Gasteiger partial charge in [0.15, 0.2) is 0 Å². The van der Waals surface area contributed by atoms with Crippen molar-refractivity contribution in [2.24, 2.45) is 0 Å². The molecule has 1 unspecified atom stereocenters. The molecular weight excluding hydrogens is 229 g/mol. The lowest BCUT2D eigenvalue weighted by Crippen LogP contribution is -2.41. The maximum Gasteiger partial charge on any atom is 0.125 e. The first-order chi connectivity index (χ1) is 8.66. The number of nitrogens with two attached hydrogens (primary N) is 1. The number of halogens is 1. The zero-order valence-electron chi connectivity index (χ0n) is 11.0. The van der Waals surface area contributed by atoms with Gasteiger partial charge in [0.25, 0.3) is 0 Å². The Balaban J connectivity index is 1.88. The Hall–Kier alpha value is -1.29. The number of hydrogen-bond acceptors (Lipinski definition) is 3. The molecule has 4 heteroatoms. The number of nitrogen functional groups attached to an aromatic ring is 1. The molecule has 3 nitrogen and oxygen atoms in total. The van der Waals surface area contributed by atoms with Crippen LogP contribution in [0.4, 0.5) is 15.8 Å². The van der Waals surface area contributed by atoms with Crippen molar-refractivity contribution in [3.63, 3.8) is 0 Å². The van der Waals surface area contributed by atoms with E-state index in [1.807, 2.05) is 0 Å². The zero-order chi connectivity index (χ0) is 13.0. The Morgan fingerprint density at radius 1 is 1.33 bits per heavy atom. The van der Waals surface area contributed by atoms with Crippen molar-refractivity contribution in [1.29, 1.82) is 0 Å². The van der Waals surface area contributed by atoms with E-state index in [2.05, 4.69) is 17.1 Å². The third-order valence-corrected chi connectivity index (χ3v) is 3.62.